The Morgan fingerprint density at radius 3 is 2.59 bits per heavy atom. The maximum atomic E-state index is 13.2. The summed E-state index contributed by atoms with van der Waals surface area (Å²) in [6.07, 6.45) is 4.91. The Bertz CT molecular complexity index is 760. The van der Waals surface area contributed by atoms with Crippen LogP contribution in [0.1, 0.15) is 10.4 Å². The van der Waals surface area contributed by atoms with E-state index in [9.17, 15) is 9.59 Å². The summed E-state index contributed by atoms with van der Waals surface area (Å²) in [6.45, 7) is 2.91. The summed E-state index contributed by atoms with van der Waals surface area (Å²) < 4.78 is 5.32. The van der Waals surface area contributed by atoms with Crippen LogP contribution in [0.4, 0.5) is 0 Å². The quantitative estimate of drug-likeness (QED) is 0.555. The van der Waals surface area contributed by atoms with E-state index in [1.807, 2.05) is 11.0 Å². The third-order valence-electron chi connectivity index (χ3n) is 4.87. The Morgan fingerprint density at radius 2 is 1.93 bits per heavy atom. The van der Waals surface area contributed by atoms with Crippen molar-refractivity contribution in [3.63, 3.8) is 0 Å². The van der Waals surface area contributed by atoms with E-state index in [0.717, 1.165) is 0 Å². The fraction of sp³-hybridized carbons (Fsp3) is 0.400. The number of hydrogen-bond acceptors (Lipinski definition) is 4. The minimum Gasteiger partial charge on any atom is -0.379 e. The van der Waals surface area contributed by atoms with E-state index in [1.165, 1.54) is 11.0 Å². The summed E-state index contributed by atoms with van der Waals surface area (Å²) >= 11 is 13.0. The van der Waals surface area contributed by atoms with Gasteiger partial charge in [0, 0.05) is 30.7 Å². The van der Waals surface area contributed by atoms with Crippen LogP contribution in [-0.2, 0) is 9.53 Å². The number of nitrogens with zero attached hydrogens (tertiary/aromatic N) is 2. The maximum absolute atomic E-state index is 13.2. The van der Waals surface area contributed by atoms with Gasteiger partial charge < -0.3 is 9.64 Å². The van der Waals surface area contributed by atoms with Gasteiger partial charge in [-0.05, 0) is 12.2 Å². The lowest BCUT2D eigenvalue weighted by Gasteiger charge is -2.39. The molecule has 1 heterocycles. The van der Waals surface area contributed by atoms with E-state index < -0.39 is 10.9 Å². The predicted octanol–water partition coefficient (Wildman–Crippen LogP) is 2.70. The molecule has 1 fully saturated rings. The molecule has 1 aromatic carbocycles. The first-order chi connectivity index (χ1) is 12.9. The molecule has 7 heteroatoms. The number of alkyl halides is 1. The lowest BCUT2D eigenvalue weighted by Crippen LogP contribution is -2.55. The van der Waals surface area contributed by atoms with Gasteiger partial charge in [0.15, 0.2) is 10.7 Å². The predicted molar refractivity (Wildman–Crippen MR) is 106 cm³/mol. The van der Waals surface area contributed by atoms with Gasteiger partial charge in [0.2, 0.25) is 5.91 Å². The van der Waals surface area contributed by atoms with Crippen molar-refractivity contribution < 1.29 is 14.3 Å². The molecule has 144 valence electrons. The van der Waals surface area contributed by atoms with Gasteiger partial charge in [0.1, 0.15) is 0 Å². The number of hydrogen-bond donors (Lipinski definition) is 0. The molecule has 2 atom stereocenters. The summed E-state index contributed by atoms with van der Waals surface area (Å²) in [5, 5.41) is 0.375. The zero-order valence-corrected chi connectivity index (χ0v) is 16.6. The molecule has 5 nitrogen and oxygen atoms in total. The van der Waals surface area contributed by atoms with Crippen molar-refractivity contribution in [2.75, 3.05) is 39.9 Å². The molecule has 0 saturated carbocycles. The topological polar surface area (TPSA) is 49.9 Å². The standard InChI is InChI=1S/C20H22Cl2N2O3/c1-23(18(25)14-24-9-11-27-12-10-24)17-8-7-16(21)13-20(17,22)19(26)15-5-3-2-4-6-15/h2-8,13,17H,9-12,14H2,1H3. The first-order valence-corrected chi connectivity index (χ1v) is 9.58. The monoisotopic (exact) mass is 408 g/mol. The number of amides is 1. The number of morpholine rings is 1. The molecule has 0 aromatic heterocycles. The van der Waals surface area contributed by atoms with Crippen LogP contribution in [0.25, 0.3) is 0 Å². The second kappa shape index (κ2) is 8.57. The van der Waals surface area contributed by atoms with Crippen LogP contribution in [-0.4, -0.2) is 72.3 Å². The average molecular weight is 409 g/mol. The fourth-order valence-electron chi connectivity index (χ4n) is 3.30. The molecule has 0 bridgehead atoms. The van der Waals surface area contributed by atoms with Gasteiger partial charge in [-0.1, -0.05) is 48.0 Å². The molecule has 0 spiro atoms. The summed E-state index contributed by atoms with van der Waals surface area (Å²) in [7, 11) is 1.67. The minimum atomic E-state index is -1.46. The van der Waals surface area contributed by atoms with E-state index in [1.54, 1.807) is 43.5 Å². The van der Waals surface area contributed by atoms with Gasteiger partial charge in [-0.15, -0.1) is 11.6 Å². The van der Waals surface area contributed by atoms with Gasteiger partial charge in [0.25, 0.3) is 0 Å². The molecule has 27 heavy (non-hydrogen) atoms. The van der Waals surface area contributed by atoms with Gasteiger partial charge in [-0.2, -0.15) is 0 Å². The van der Waals surface area contributed by atoms with Crippen LogP contribution in [0.2, 0.25) is 0 Å². The van der Waals surface area contributed by atoms with Crippen molar-refractivity contribution in [2.24, 2.45) is 0 Å². The number of allylic oxidation sites excluding steroid dienone is 2. The number of rotatable bonds is 5. The van der Waals surface area contributed by atoms with Gasteiger partial charge in [-0.25, -0.2) is 0 Å². The summed E-state index contributed by atoms with van der Waals surface area (Å²) in [6, 6.07) is 8.16. The zero-order valence-electron chi connectivity index (χ0n) is 15.1. The molecule has 2 unspecified atom stereocenters. The molecule has 1 aliphatic heterocycles. The first kappa shape index (κ1) is 20.1. The lowest BCUT2D eigenvalue weighted by molar-refractivity contribution is -0.133. The Labute approximate surface area is 169 Å². The van der Waals surface area contributed by atoms with E-state index in [4.69, 9.17) is 27.9 Å². The third kappa shape index (κ3) is 4.43. The number of benzene rings is 1. The van der Waals surface area contributed by atoms with E-state index in [0.29, 0.717) is 36.9 Å². The molecule has 1 amide bonds. The summed E-state index contributed by atoms with van der Waals surface area (Å²) in [5.74, 6) is -0.396. The van der Waals surface area contributed by atoms with E-state index in [2.05, 4.69) is 0 Å². The summed E-state index contributed by atoms with van der Waals surface area (Å²) in [5.41, 5.74) is 0.475. The molecule has 1 saturated heterocycles. The second-order valence-electron chi connectivity index (χ2n) is 6.69. The average Bonchev–Trinajstić information content (AvgIpc) is 2.68. The van der Waals surface area contributed by atoms with Crippen molar-refractivity contribution in [3.05, 3.63) is 59.2 Å². The Morgan fingerprint density at radius 1 is 1.26 bits per heavy atom. The van der Waals surface area contributed by atoms with Crippen molar-refractivity contribution >= 4 is 34.9 Å². The second-order valence-corrected chi connectivity index (χ2v) is 7.75. The molecule has 0 N–H and O–H groups in total. The van der Waals surface area contributed by atoms with Crippen molar-refractivity contribution in [1.29, 1.82) is 0 Å². The largest absolute Gasteiger partial charge is 0.379 e. The van der Waals surface area contributed by atoms with Crippen molar-refractivity contribution in [2.45, 2.75) is 10.9 Å². The number of halogens is 2. The molecule has 1 aliphatic carbocycles. The van der Waals surface area contributed by atoms with Gasteiger partial charge in [0.05, 0.1) is 25.8 Å². The highest BCUT2D eigenvalue weighted by Gasteiger charge is 2.46. The number of carbonyl (C=O) groups excluding carboxylic acids is 2. The number of ketones is 1. The van der Waals surface area contributed by atoms with Crippen LogP contribution < -0.4 is 0 Å². The molecular weight excluding hydrogens is 387 g/mol. The van der Waals surface area contributed by atoms with Crippen LogP contribution in [0.5, 0.6) is 0 Å². The Kier molecular flexibility index (Phi) is 6.37. The molecule has 2 aliphatic rings. The third-order valence-corrected chi connectivity index (χ3v) is 5.61. The normalized spacial score (nSPS) is 25.7. The fourth-order valence-corrected chi connectivity index (χ4v) is 4.04. The highest BCUT2D eigenvalue weighted by Crippen LogP contribution is 2.36. The van der Waals surface area contributed by atoms with Crippen LogP contribution in [0, 0.1) is 0 Å². The zero-order chi connectivity index (χ0) is 19.4. The summed E-state index contributed by atoms with van der Waals surface area (Å²) in [4.78, 5) is 28.1. The van der Waals surface area contributed by atoms with Crippen molar-refractivity contribution in [3.8, 4) is 0 Å². The Balaban J connectivity index is 1.82. The molecule has 1 aromatic rings. The Hall–Kier alpha value is -1.66. The van der Waals surface area contributed by atoms with Crippen LogP contribution >= 0.6 is 23.2 Å². The number of carbonyl (C=O) groups is 2. The molecule has 0 radical (unpaired) electrons. The van der Waals surface area contributed by atoms with E-state index >= 15 is 0 Å². The van der Waals surface area contributed by atoms with Crippen molar-refractivity contribution in [1.82, 2.24) is 9.80 Å². The SMILES string of the molecule is CN(C(=O)CN1CCOCC1)C1C=CC(Cl)=CC1(Cl)C(=O)c1ccccc1. The minimum absolute atomic E-state index is 0.108. The van der Waals surface area contributed by atoms with Gasteiger partial charge >= 0.3 is 0 Å². The maximum Gasteiger partial charge on any atom is 0.237 e. The smallest absolute Gasteiger partial charge is 0.237 e. The number of Topliss-reactive ketones (excluding diaryl/α,β-unsaturated/α-hetero) is 1. The van der Waals surface area contributed by atoms with Gasteiger partial charge in [-0.3, -0.25) is 14.5 Å². The number of ether oxygens (including phenoxy) is 1. The highest BCUT2D eigenvalue weighted by molar-refractivity contribution is 6.42. The lowest BCUT2D eigenvalue weighted by atomic mass is 9.85. The van der Waals surface area contributed by atoms with Crippen LogP contribution in [0.3, 0.4) is 0 Å². The number of likely N-dealkylation sites (N-methyl/N-ethyl adjacent to an activating group) is 1. The van der Waals surface area contributed by atoms with Crippen LogP contribution in [0.15, 0.2) is 53.6 Å². The highest BCUT2D eigenvalue weighted by atomic mass is 35.5. The first-order valence-electron chi connectivity index (χ1n) is 8.83. The molecule has 3 rings (SSSR count). The van der Waals surface area contributed by atoms with E-state index in [-0.39, 0.29) is 18.2 Å². The molecular formula is C20H22Cl2N2O3.